The Balaban J connectivity index is 1.41. The van der Waals surface area contributed by atoms with Crippen molar-refractivity contribution in [1.82, 2.24) is 24.8 Å². The lowest BCUT2D eigenvalue weighted by molar-refractivity contribution is -0.129. The van der Waals surface area contributed by atoms with E-state index in [1.165, 1.54) is 11.1 Å². The predicted molar refractivity (Wildman–Crippen MR) is 123 cm³/mol. The molecule has 1 spiro atoms. The number of ether oxygens (including phenoxy) is 1. The molecule has 7 nitrogen and oxygen atoms in total. The third kappa shape index (κ3) is 2.88. The summed E-state index contributed by atoms with van der Waals surface area (Å²) in [6.07, 6.45) is 6.03. The number of benzene rings is 1. The lowest BCUT2D eigenvalue weighted by Gasteiger charge is -2.35. The molecule has 3 aliphatic rings. The maximum atomic E-state index is 12.2. The fourth-order valence-corrected chi connectivity index (χ4v) is 5.49. The maximum Gasteiger partial charge on any atom is 0.236 e. The minimum Gasteiger partial charge on any atom is -0.490 e. The number of rotatable bonds is 3. The highest BCUT2D eigenvalue weighted by molar-refractivity contribution is 5.81. The number of amides is 1. The molecular weight excluding hydrogens is 402 g/mol. The Morgan fingerprint density at radius 3 is 2.94 bits per heavy atom. The zero-order chi connectivity index (χ0) is 21.7. The van der Waals surface area contributed by atoms with Crippen LogP contribution in [0.5, 0.6) is 5.75 Å². The van der Waals surface area contributed by atoms with E-state index >= 15 is 0 Å². The van der Waals surface area contributed by atoms with Crippen LogP contribution in [0, 0.1) is 0 Å². The monoisotopic (exact) mass is 429 g/mol. The molecule has 1 amide bonds. The van der Waals surface area contributed by atoms with Crippen LogP contribution in [-0.4, -0.2) is 58.6 Å². The predicted octanol–water partition coefficient (Wildman–Crippen LogP) is 2.74. The number of hydrogen-bond donors (Lipinski definition) is 1. The average molecular weight is 430 g/mol. The number of aromatic nitrogens is 3. The summed E-state index contributed by atoms with van der Waals surface area (Å²) in [4.78, 5) is 24.2. The van der Waals surface area contributed by atoms with Crippen molar-refractivity contribution in [2.75, 3.05) is 33.3 Å². The number of para-hydroxylation sites is 1. The third-order valence-electron chi connectivity index (χ3n) is 7.07. The highest BCUT2D eigenvalue weighted by atomic mass is 16.5. The first-order valence-electron chi connectivity index (χ1n) is 11.4. The summed E-state index contributed by atoms with van der Waals surface area (Å²) in [6.45, 7) is 2.36. The summed E-state index contributed by atoms with van der Waals surface area (Å²) in [5.74, 6) is 2.20. The molecular formula is C25H27N5O2. The highest BCUT2D eigenvalue weighted by Crippen LogP contribution is 2.47. The van der Waals surface area contributed by atoms with Gasteiger partial charge in [0.1, 0.15) is 29.2 Å². The van der Waals surface area contributed by atoms with Gasteiger partial charge >= 0.3 is 0 Å². The zero-order valence-corrected chi connectivity index (χ0v) is 18.3. The van der Waals surface area contributed by atoms with Gasteiger partial charge in [0.2, 0.25) is 5.91 Å². The van der Waals surface area contributed by atoms with E-state index in [0.717, 1.165) is 60.7 Å². The van der Waals surface area contributed by atoms with Gasteiger partial charge in [0, 0.05) is 25.1 Å². The van der Waals surface area contributed by atoms with E-state index in [9.17, 15) is 4.79 Å². The van der Waals surface area contributed by atoms with Gasteiger partial charge in [0.25, 0.3) is 0 Å². The van der Waals surface area contributed by atoms with Crippen LogP contribution < -0.4 is 10.1 Å². The Hall–Kier alpha value is -3.19. The second-order valence-electron chi connectivity index (χ2n) is 8.92. The number of likely N-dealkylation sites (N-methyl/N-ethyl adjacent to an activating group) is 1. The van der Waals surface area contributed by atoms with Crippen molar-refractivity contribution in [3.8, 4) is 5.75 Å². The normalized spacial score (nSPS) is 21.9. The lowest BCUT2D eigenvalue weighted by Crippen LogP contribution is -2.41. The standard InChI is InChI=1S/C25H27N5O2/c1-26-15-23(31)29-13-10-17(11-14-29)19-8-9-20-24(28-19)30-22(27-20)7-4-12-25(30)16-32-21-6-3-2-5-18(21)25/h2-3,5-6,8-10,26H,4,7,11-16H2,1H3. The van der Waals surface area contributed by atoms with Crippen molar-refractivity contribution < 1.29 is 9.53 Å². The van der Waals surface area contributed by atoms with E-state index in [2.05, 4.69) is 46.3 Å². The summed E-state index contributed by atoms with van der Waals surface area (Å²) in [6, 6.07) is 12.5. The van der Waals surface area contributed by atoms with Crippen LogP contribution in [0.2, 0.25) is 0 Å². The second kappa shape index (κ2) is 7.45. The average Bonchev–Trinajstić information content (AvgIpc) is 3.39. The molecule has 164 valence electrons. The van der Waals surface area contributed by atoms with Crippen LogP contribution in [0.25, 0.3) is 16.7 Å². The summed E-state index contributed by atoms with van der Waals surface area (Å²) >= 11 is 0. The lowest BCUT2D eigenvalue weighted by atomic mass is 9.83. The van der Waals surface area contributed by atoms with Crippen LogP contribution in [0.15, 0.2) is 42.5 Å². The van der Waals surface area contributed by atoms with Gasteiger partial charge in [-0.3, -0.25) is 9.36 Å². The molecule has 1 atom stereocenters. The molecule has 3 aliphatic heterocycles. The number of imidazole rings is 1. The molecule has 5 heterocycles. The summed E-state index contributed by atoms with van der Waals surface area (Å²) < 4.78 is 8.49. The number of pyridine rings is 1. The molecule has 0 saturated carbocycles. The molecule has 1 N–H and O–H groups in total. The number of carbonyl (C=O) groups is 1. The van der Waals surface area contributed by atoms with E-state index in [4.69, 9.17) is 14.7 Å². The molecule has 0 fully saturated rings. The van der Waals surface area contributed by atoms with Gasteiger partial charge in [-0.25, -0.2) is 9.97 Å². The maximum absolute atomic E-state index is 12.2. The Labute approximate surface area is 187 Å². The van der Waals surface area contributed by atoms with Crippen LogP contribution in [-0.2, 0) is 16.8 Å². The quantitative estimate of drug-likeness (QED) is 0.693. The van der Waals surface area contributed by atoms with Crippen LogP contribution in [0.3, 0.4) is 0 Å². The summed E-state index contributed by atoms with van der Waals surface area (Å²) in [5.41, 5.74) is 5.06. The third-order valence-corrected chi connectivity index (χ3v) is 7.07. The molecule has 0 saturated heterocycles. The summed E-state index contributed by atoms with van der Waals surface area (Å²) in [5, 5.41) is 2.94. The molecule has 7 heteroatoms. The van der Waals surface area contributed by atoms with Crippen molar-refractivity contribution in [2.24, 2.45) is 0 Å². The SMILES string of the molecule is CNCC(=O)N1CC=C(c2ccc3nc4n(c3n2)C2(CCC4)COc3ccccc32)CC1. The van der Waals surface area contributed by atoms with Gasteiger partial charge in [-0.1, -0.05) is 24.3 Å². The number of nitrogens with zero attached hydrogens (tertiary/aromatic N) is 4. The number of fused-ring (bicyclic) bond motifs is 6. The molecule has 1 aromatic carbocycles. The van der Waals surface area contributed by atoms with Crippen molar-refractivity contribution in [3.05, 3.63) is 59.6 Å². The molecule has 32 heavy (non-hydrogen) atoms. The first-order valence-corrected chi connectivity index (χ1v) is 11.4. The zero-order valence-electron chi connectivity index (χ0n) is 18.3. The summed E-state index contributed by atoms with van der Waals surface area (Å²) in [7, 11) is 1.80. The second-order valence-corrected chi connectivity index (χ2v) is 8.92. The van der Waals surface area contributed by atoms with E-state index in [1.54, 1.807) is 7.05 Å². The fourth-order valence-electron chi connectivity index (χ4n) is 5.49. The molecule has 2 aromatic heterocycles. The number of hydrogen-bond acceptors (Lipinski definition) is 5. The van der Waals surface area contributed by atoms with Crippen LogP contribution >= 0.6 is 0 Å². The van der Waals surface area contributed by atoms with Crippen LogP contribution in [0.4, 0.5) is 0 Å². The van der Waals surface area contributed by atoms with Crippen molar-refractivity contribution in [1.29, 1.82) is 0 Å². The molecule has 0 bridgehead atoms. The van der Waals surface area contributed by atoms with Gasteiger partial charge in [0.15, 0.2) is 5.65 Å². The van der Waals surface area contributed by atoms with Gasteiger partial charge in [-0.15, -0.1) is 0 Å². The van der Waals surface area contributed by atoms with E-state index in [-0.39, 0.29) is 11.4 Å². The minimum absolute atomic E-state index is 0.137. The minimum atomic E-state index is -0.234. The van der Waals surface area contributed by atoms with Crippen molar-refractivity contribution in [3.63, 3.8) is 0 Å². The molecule has 6 rings (SSSR count). The van der Waals surface area contributed by atoms with E-state index in [0.29, 0.717) is 19.7 Å². The van der Waals surface area contributed by atoms with Crippen molar-refractivity contribution >= 4 is 22.6 Å². The molecule has 3 aromatic rings. The topological polar surface area (TPSA) is 72.3 Å². The Morgan fingerprint density at radius 1 is 1.19 bits per heavy atom. The van der Waals surface area contributed by atoms with Gasteiger partial charge in [-0.05, 0) is 50.1 Å². The molecule has 0 aliphatic carbocycles. The van der Waals surface area contributed by atoms with Crippen LogP contribution in [0.1, 0.15) is 36.3 Å². The first-order chi connectivity index (χ1) is 15.7. The Morgan fingerprint density at radius 2 is 2.09 bits per heavy atom. The molecule has 0 radical (unpaired) electrons. The smallest absolute Gasteiger partial charge is 0.236 e. The fraction of sp³-hybridized carbons (Fsp3) is 0.400. The number of carbonyl (C=O) groups excluding carboxylic acids is 1. The van der Waals surface area contributed by atoms with Gasteiger partial charge in [-0.2, -0.15) is 0 Å². The molecule has 1 unspecified atom stereocenters. The number of aryl methyl sites for hydroxylation is 1. The highest BCUT2D eigenvalue weighted by Gasteiger charge is 2.46. The number of nitrogens with one attached hydrogen (secondary N) is 1. The largest absolute Gasteiger partial charge is 0.490 e. The van der Waals surface area contributed by atoms with Gasteiger partial charge < -0.3 is 15.0 Å². The first kappa shape index (κ1) is 19.5. The van der Waals surface area contributed by atoms with E-state index < -0.39 is 0 Å². The van der Waals surface area contributed by atoms with Gasteiger partial charge in [0.05, 0.1) is 12.2 Å². The van der Waals surface area contributed by atoms with Crippen molar-refractivity contribution in [2.45, 2.75) is 31.2 Å². The Bertz CT molecular complexity index is 1250. The van der Waals surface area contributed by atoms with E-state index in [1.807, 2.05) is 11.0 Å². The Kier molecular flexibility index (Phi) is 4.54.